The van der Waals surface area contributed by atoms with Crippen molar-refractivity contribution in [2.75, 3.05) is 7.11 Å². The van der Waals surface area contributed by atoms with Gasteiger partial charge in [0.05, 0.1) is 12.5 Å². The van der Waals surface area contributed by atoms with Gasteiger partial charge in [-0.05, 0) is 37.5 Å². The third kappa shape index (κ3) is 3.66. The Morgan fingerprint density at radius 3 is 2.80 bits per heavy atom. The molecule has 4 heteroatoms. The van der Waals surface area contributed by atoms with E-state index in [9.17, 15) is 4.79 Å². The fourth-order valence-electron chi connectivity index (χ4n) is 2.64. The van der Waals surface area contributed by atoms with Crippen LogP contribution in [0.2, 0.25) is 0 Å². The Bertz CT molecular complexity index is 476. The zero-order valence-electron chi connectivity index (χ0n) is 12.1. The van der Waals surface area contributed by atoms with Crippen LogP contribution in [0.1, 0.15) is 48.0 Å². The van der Waals surface area contributed by atoms with Crippen LogP contribution in [0.5, 0.6) is 5.75 Å². The zero-order valence-corrected chi connectivity index (χ0v) is 12.9. The Kier molecular flexibility index (Phi) is 5.30. The van der Waals surface area contributed by atoms with Gasteiger partial charge in [0.25, 0.3) is 5.91 Å². The Labute approximate surface area is 125 Å². The summed E-state index contributed by atoms with van der Waals surface area (Å²) in [5, 5.41) is 3.11. The lowest BCUT2D eigenvalue weighted by Gasteiger charge is -2.21. The normalized spacial score (nSPS) is 22.9. The molecule has 1 saturated carbocycles. The van der Waals surface area contributed by atoms with Crippen molar-refractivity contribution in [3.8, 4) is 5.75 Å². The van der Waals surface area contributed by atoms with Crippen LogP contribution in [-0.2, 0) is 0 Å². The molecule has 1 aliphatic rings. The number of benzene rings is 1. The summed E-state index contributed by atoms with van der Waals surface area (Å²) in [6, 6.07) is 5.58. The van der Waals surface area contributed by atoms with Crippen LogP contribution in [0.3, 0.4) is 0 Å². The summed E-state index contributed by atoms with van der Waals surface area (Å²) in [5.74, 6) is 0.668. The summed E-state index contributed by atoms with van der Waals surface area (Å²) < 4.78 is 5.26. The van der Waals surface area contributed by atoms with Gasteiger partial charge in [-0.1, -0.05) is 25.3 Å². The summed E-state index contributed by atoms with van der Waals surface area (Å²) >= 11 is 6.36. The zero-order chi connectivity index (χ0) is 14.5. The van der Waals surface area contributed by atoms with Crippen molar-refractivity contribution in [1.29, 1.82) is 0 Å². The van der Waals surface area contributed by atoms with E-state index in [0.717, 1.165) is 37.0 Å². The van der Waals surface area contributed by atoms with Crippen molar-refractivity contribution >= 4 is 17.5 Å². The lowest BCUT2D eigenvalue weighted by Crippen LogP contribution is -2.40. The molecule has 0 radical (unpaired) electrons. The van der Waals surface area contributed by atoms with Gasteiger partial charge in [0.1, 0.15) is 5.75 Å². The molecule has 0 bridgehead atoms. The molecule has 0 saturated heterocycles. The first-order valence-electron chi connectivity index (χ1n) is 7.21. The van der Waals surface area contributed by atoms with Gasteiger partial charge in [-0.3, -0.25) is 4.79 Å². The summed E-state index contributed by atoms with van der Waals surface area (Å²) in [6.07, 6.45) is 5.42. The monoisotopic (exact) mass is 295 g/mol. The van der Waals surface area contributed by atoms with E-state index in [0.29, 0.717) is 5.56 Å². The molecule has 3 nitrogen and oxygen atoms in total. The van der Waals surface area contributed by atoms with E-state index in [1.54, 1.807) is 13.2 Å². The highest BCUT2D eigenvalue weighted by atomic mass is 35.5. The van der Waals surface area contributed by atoms with Crippen molar-refractivity contribution in [3.05, 3.63) is 29.3 Å². The van der Waals surface area contributed by atoms with Gasteiger partial charge in [-0.2, -0.15) is 0 Å². The minimum atomic E-state index is -0.0687. The van der Waals surface area contributed by atoms with Gasteiger partial charge in [0.2, 0.25) is 0 Å². The first-order valence-corrected chi connectivity index (χ1v) is 7.65. The molecule has 0 spiro atoms. The second kappa shape index (κ2) is 6.98. The maximum absolute atomic E-state index is 12.3. The first-order chi connectivity index (χ1) is 9.61. The molecule has 0 aromatic heterocycles. The number of nitrogens with one attached hydrogen (secondary N) is 1. The Balaban J connectivity index is 2.07. The van der Waals surface area contributed by atoms with Gasteiger partial charge < -0.3 is 10.1 Å². The number of rotatable bonds is 3. The molecule has 110 valence electrons. The number of methoxy groups -OCH3 is 1. The number of aryl methyl sites for hydroxylation is 1. The van der Waals surface area contributed by atoms with E-state index < -0.39 is 0 Å². The van der Waals surface area contributed by atoms with Crippen LogP contribution >= 0.6 is 11.6 Å². The van der Waals surface area contributed by atoms with Crippen LogP contribution in [-0.4, -0.2) is 24.4 Å². The van der Waals surface area contributed by atoms with E-state index in [2.05, 4.69) is 5.32 Å². The SMILES string of the molecule is COc1cc(C(=O)NC2CCCCCC2Cl)ccc1C. The number of carbonyl (C=O) groups is 1. The molecule has 1 aromatic carbocycles. The maximum atomic E-state index is 12.3. The second-order valence-electron chi connectivity index (χ2n) is 5.42. The fraction of sp³-hybridized carbons (Fsp3) is 0.562. The lowest BCUT2D eigenvalue weighted by molar-refractivity contribution is 0.0933. The average molecular weight is 296 g/mol. The van der Waals surface area contributed by atoms with Gasteiger partial charge >= 0.3 is 0 Å². The van der Waals surface area contributed by atoms with Crippen molar-refractivity contribution in [1.82, 2.24) is 5.32 Å². The van der Waals surface area contributed by atoms with E-state index in [-0.39, 0.29) is 17.3 Å². The fourth-order valence-corrected chi connectivity index (χ4v) is 2.98. The van der Waals surface area contributed by atoms with Crippen molar-refractivity contribution in [2.45, 2.75) is 50.4 Å². The minimum Gasteiger partial charge on any atom is -0.496 e. The topological polar surface area (TPSA) is 38.3 Å². The molecule has 2 atom stereocenters. The van der Waals surface area contributed by atoms with Gasteiger partial charge in [-0.15, -0.1) is 11.6 Å². The molecule has 2 rings (SSSR count). The molecule has 1 fully saturated rings. The molecule has 1 amide bonds. The van der Waals surface area contributed by atoms with E-state index >= 15 is 0 Å². The highest BCUT2D eigenvalue weighted by molar-refractivity contribution is 6.21. The Morgan fingerprint density at radius 2 is 2.05 bits per heavy atom. The Hall–Kier alpha value is -1.22. The van der Waals surface area contributed by atoms with Crippen LogP contribution in [0, 0.1) is 6.92 Å². The molecule has 2 unspecified atom stereocenters. The second-order valence-corrected chi connectivity index (χ2v) is 5.98. The number of halogens is 1. The quantitative estimate of drug-likeness (QED) is 0.682. The largest absolute Gasteiger partial charge is 0.496 e. The van der Waals surface area contributed by atoms with E-state index in [4.69, 9.17) is 16.3 Å². The molecule has 1 N–H and O–H groups in total. The molecular weight excluding hydrogens is 274 g/mol. The average Bonchev–Trinajstić information content (AvgIpc) is 2.64. The number of alkyl halides is 1. The van der Waals surface area contributed by atoms with Crippen LogP contribution < -0.4 is 10.1 Å². The summed E-state index contributed by atoms with van der Waals surface area (Å²) in [4.78, 5) is 12.3. The van der Waals surface area contributed by atoms with Crippen LogP contribution in [0.15, 0.2) is 18.2 Å². The summed E-state index contributed by atoms with van der Waals surface area (Å²) in [5.41, 5.74) is 1.65. The van der Waals surface area contributed by atoms with Crippen molar-refractivity contribution in [3.63, 3.8) is 0 Å². The number of hydrogen-bond donors (Lipinski definition) is 1. The van der Waals surface area contributed by atoms with Crippen molar-refractivity contribution < 1.29 is 9.53 Å². The number of amides is 1. The van der Waals surface area contributed by atoms with Crippen molar-refractivity contribution in [2.24, 2.45) is 0 Å². The molecular formula is C16H22ClNO2. The molecule has 1 aliphatic carbocycles. The summed E-state index contributed by atoms with van der Waals surface area (Å²) in [7, 11) is 1.62. The highest BCUT2D eigenvalue weighted by Crippen LogP contribution is 2.23. The van der Waals surface area contributed by atoms with Crippen LogP contribution in [0.4, 0.5) is 0 Å². The number of carbonyl (C=O) groups excluding carboxylic acids is 1. The minimum absolute atomic E-state index is 0.0359. The van der Waals surface area contributed by atoms with Gasteiger partial charge in [0.15, 0.2) is 0 Å². The Morgan fingerprint density at radius 1 is 1.30 bits per heavy atom. The lowest BCUT2D eigenvalue weighted by atomic mass is 10.1. The van der Waals surface area contributed by atoms with Gasteiger partial charge in [0, 0.05) is 11.6 Å². The predicted octanol–water partition coefficient (Wildman–Crippen LogP) is 3.67. The van der Waals surface area contributed by atoms with Gasteiger partial charge in [-0.25, -0.2) is 0 Å². The van der Waals surface area contributed by atoms with E-state index in [1.807, 2.05) is 19.1 Å². The molecule has 0 aliphatic heterocycles. The third-order valence-corrected chi connectivity index (χ3v) is 4.44. The maximum Gasteiger partial charge on any atom is 0.251 e. The first kappa shape index (κ1) is 15.2. The smallest absolute Gasteiger partial charge is 0.251 e. The molecule has 20 heavy (non-hydrogen) atoms. The molecule has 1 aromatic rings. The highest BCUT2D eigenvalue weighted by Gasteiger charge is 2.23. The number of hydrogen-bond acceptors (Lipinski definition) is 2. The predicted molar refractivity (Wildman–Crippen MR) is 81.7 cm³/mol. The standard InChI is InChI=1S/C16H22ClNO2/c1-11-8-9-12(10-15(11)20-2)16(19)18-14-7-5-3-4-6-13(14)17/h8-10,13-14H,3-7H2,1-2H3,(H,18,19). The summed E-state index contributed by atoms with van der Waals surface area (Å²) in [6.45, 7) is 1.96. The third-order valence-electron chi connectivity index (χ3n) is 3.92. The number of ether oxygens (including phenoxy) is 1. The van der Waals surface area contributed by atoms with E-state index in [1.165, 1.54) is 6.42 Å². The van der Waals surface area contributed by atoms with Crippen LogP contribution in [0.25, 0.3) is 0 Å². The molecule has 0 heterocycles.